The van der Waals surface area contributed by atoms with E-state index >= 15 is 0 Å². The van der Waals surface area contributed by atoms with E-state index in [1.165, 1.54) is 13.0 Å². The van der Waals surface area contributed by atoms with Gasteiger partial charge in [-0.2, -0.15) is 0 Å². The number of amides is 1. The van der Waals surface area contributed by atoms with Crippen LogP contribution in [0.5, 0.6) is 11.5 Å². The summed E-state index contributed by atoms with van der Waals surface area (Å²) in [7, 11) is 0. The van der Waals surface area contributed by atoms with Crippen molar-refractivity contribution in [2.24, 2.45) is 0 Å². The maximum absolute atomic E-state index is 12.6. The second kappa shape index (κ2) is 8.27. The van der Waals surface area contributed by atoms with Gasteiger partial charge in [-0.15, -0.1) is 0 Å². The molecule has 1 amide bonds. The van der Waals surface area contributed by atoms with E-state index in [9.17, 15) is 19.7 Å². The van der Waals surface area contributed by atoms with Crippen molar-refractivity contribution < 1.29 is 28.7 Å². The topological polar surface area (TPSA) is 130 Å². The molecule has 158 valence electrons. The SMILES string of the molecule is CC(OC(=O)c1cc2c(cc1[N+](=O)[O-])OCCO2)C(=O)Nc1cccc2ncccc12. The van der Waals surface area contributed by atoms with E-state index in [4.69, 9.17) is 14.2 Å². The number of rotatable bonds is 5. The number of fused-ring (bicyclic) bond motifs is 2. The Bertz CT molecular complexity index is 1190. The van der Waals surface area contributed by atoms with Crippen molar-refractivity contribution in [2.45, 2.75) is 13.0 Å². The summed E-state index contributed by atoms with van der Waals surface area (Å²) in [6.45, 7) is 1.87. The lowest BCUT2D eigenvalue weighted by molar-refractivity contribution is -0.385. The normalized spacial score (nSPS) is 13.3. The zero-order chi connectivity index (χ0) is 22.0. The average Bonchev–Trinajstić information content (AvgIpc) is 2.78. The van der Waals surface area contributed by atoms with Gasteiger partial charge in [0.1, 0.15) is 18.8 Å². The van der Waals surface area contributed by atoms with Crippen molar-refractivity contribution in [3.05, 3.63) is 64.3 Å². The highest BCUT2D eigenvalue weighted by atomic mass is 16.6. The van der Waals surface area contributed by atoms with Crippen LogP contribution in [-0.4, -0.2) is 41.1 Å². The number of pyridine rings is 1. The molecule has 0 spiro atoms. The lowest BCUT2D eigenvalue weighted by Gasteiger charge is -2.19. The van der Waals surface area contributed by atoms with Crippen LogP contribution in [0.25, 0.3) is 10.9 Å². The first-order valence-electron chi connectivity index (χ1n) is 9.37. The minimum atomic E-state index is -1.22. The van der Waals surface area contributed by atoms with Gasteiger partial charge in [0.15, 0.2) is 17.6 Å². The quantitative estimate of drug-likeness (QED) is 0.376. The number of aromatic nitrogens is 1. The number of nitro benzene ring substituents is 1. The van der Waals surface area contributed by atoms with Crippen molar-refractivity contribution in [3.63, 3.8) is 0 Å². The lowest BCUT2D eigenvalue weighted by Crippen LogP contribution is -2.30. The van der Waals surface area contributed by atoms with Gasteiger partial charge < -0.3 is 19.5 Å². The second-order valence-electron chi connectivity index (χ2n) is 6.68. The third-order valence-electron chi connectivity index (χ3n) is 4.63. The number of nitrogens with one attached hydrogen (secondary N) is 1. The molecule has 0 saturated carbocycles. The van der Waals surface area contributed by atoms with E-state index in [0.29, 0.717) is 11.2 Å². The number of anilines is 1. The summed E-state index contributed by atoms with van der Waals surface area (Å²) in [5.74, 6) is -1.25. The van der Waals surface area contributed by atoms with E-state index in [0.717, 1.165) is 11.5 Å². The maximum Gasteiger partial charge on any atom is 0.346 e. The summed E-state index contributed by atoms with van der Waals surface area (Å²) in [6.07, 6.45) is 0.422. The molecular formula is C21H17N3O7. The first-order chi connectivity index (χ1) is 14.9. The van der Waals surface area contributed by atoms with Gasteiger partial charge in [-0.25, -0.2) is 4.79 Å². The number of esters is 1. The Hall–Kier alpha value is -4.21. The standard InChI is InChI=1S/C21H17N3O7/c1-12(20(25)23-16-6-2-5-15-13(16)4-3-7-22-15)31-21(26)14-10-18-19(30-9-8-29-18)11-17(14)24(27)28/h2-7,10-12H,8-9H2,1H3,(H,23,25). The molecular weight excluding hydrogens is 406 g/mol. The van der Waals surface area contributed by atoms with Crippen LogP contribution in [0.3, 0.4) is 0 Å². The highest BCUT2D eigenvalue weighted by Gasteiger charge is 2.29. The minimum absolute atomic E-state index is 0.171. The average molecular weight is 423 g/mol. The summed E-state index contributed by atoms with van der Waals surface area (Å²) in [4.78, 5) is 40.1. The Kier molecular flexibility index (Phi) is 5.35. The van der Waals surface area contributed by atoms with Crippen molar-refractivity contribution in [1.82, 2.24) is 4.98 Å². The van der Waals surface area contributed by atoms with Crippen LogP contribution in [-0.2, 0) is 9.53 Å². The van der Waals surface area contributed by atoms with Gasteiger partial charge in [0.2, 0.25) is 0 Å². The van der Waals surface area contributed by atoms with Crippen LogP contribution in [0, 0.1) is 10.1 Å². The molecule has 0 aliphatic carbocycles. The summed E-state index contributed by atoms with van der Waals surface area (Å²) in [5.41, 5.74) is 0.367. The molecule has 0 fully saturated rings. The fourth-order valence-electron chi connectivity index (χ4n) is 3.12. The van der Waals surface area contributed by atoms with Gasteiger partial charge >= 0.3 is 5.97 Å². The molecule has 10 heteroatoms. The monoisotopic (exact) mass is 423 g/mol. The molecule has 0 saturated heterocycles. The predicted octanol–water partition coefficient (Wildman–Crippen LogP) is 3.10. The van der Waals surface area contributed by atoms with Gasteiger partial charge in [-0.1, -0.05) is 6.07 Å². The van der Waals surface area contributed by atoms with Crippen molar-refractivity contribution in [1.29, 1.82) is 0 Å². The van der Waals surface area contributed by atoms with Gasteiger partial charge in [-0.05, 0) is 31.2 Å². The Morgan fingerprint density at radius 2 is 1.90 bits per heavy atom. The van der Waals surface area contributed by atoms with Crippen LogP contribution in [0.4, 0.5) is 11.4 Å². The van der Waals surface area contributed by atoms with Crippen LogP contribution < -0.4 is 14.8 Å². The van der Waals surface area contributed by atoms with Crippen LogP contribution in [0.15, 0.2) is 48.7 Å². The molecule has 1 aliphatic rings. The number of benzene rings is 2. The number of hydrogen-bond donors (Lipinski definition) is 1. The van der Waals surface area contributed by atoms with E-state index in [2.05, 4.69) is 10.3 Å². The summed E-state index contributed by atoms with van der Waals surface area (Å²) in [5, 5.41) is 14.8. The number of ether oxygens (including phenoxy) is 3. The smallest absolute Gasteiger partial charge is 0.346 e. The molecule has 1 aliphatic heterocycles. The predicted molar refractivity (Wildman–Crippen MR) is 109 cm³/mol. The molecule has 4 rings (SSSR count). The molecule has 2 heterocycles. The Labute approximate surface area is 175 Å². The highest BCUT2D eigenvalue weighted by molar-refractivity contribution is 6.04. The number of nitro groups is 1. The van der Waals surface area contributed by atoms with Crippen LogP contribution in [0.1, 0.15) is 17.3 Å². The Balaban J connectivity index is 1.53. The fourth-order valence-corrected chi connectivity index (χ4v) is 3.12. The fraction of sp³-hybridized carbons (Fsp3) is 0.190. The van der Waals surface area contributed by atoms with Crippen LogP contribution in [0.2, 0.25) is 0 Å². The zero-order valence-electron chi connectivity index (χ0n) is 16.4. The molecule has 0 bridgehead atoms. The van der Waals surface area contributed by atoms with Gasteiger partial charge in [0.25, 0.3) is 11.6 Å². The van der Waals surface area contributed by atoms with Crippen molar-refractivity contribution in [2.75, 3.05) is 18.5 Å². The molecule has 1 aromatic heterocycles. The molecule has 3 aromatic rings. The van der Waals surface area contributed by atoms with E-state index in [1.54, 1.807) is 36.5 Å². The minimum Gasteiger partial charge on any atom is -0.486 e. The number of hydrogen-bond acceptors (Lipinski definition) is 8. The Morgan fingerprint density at radius 3 is 2.65 bits per heavy atom. The number of carbonyl (C=O) groups is 2. The van der Waals surface area contributed by atoms with Crippen molar-refractivity contribution >= 4 is 34.2 Å². The molecule has 2 aromatic carbocycles. The summed E-state index contributed by atoms with van der Waals surface area (Å²) < 4.78 is 15.9. The number of carbonyl (C=O) groups excluding carboxylic acids is 2. The lowest BCUT2D eigenvalue weighted by atomic mass is 10.1. The van der Waals surface area contributed by atoms with Crippen LogP contribution >= 0.6 is 0 Å². The zero-order valence-corrected chi connectivity index (χ0v) is 16.4. The third-order valence-corrected chi connectivity index (χ3v) is 4.63. The van der Waals surface area contributed by atoms with E-state index in [1.807, 2.05) is 0 Å². The molecule has 31 heavy (non-hydrogen) atoms. The largest absolute Gasteiger partial charge is 0.486 e. The molecule has 0 radical (unpaired) electrons. The maximum atomic E-state index is 12.6. The first kappa shape index (κ1) is 20.1. The summed E-state index contributed by atoms with van der Waals surface area (Å²) in [6, 6.07) is 11.1. The highest BCUT2D eigenvalue weighted by Crippen LogP contribution is 2.37. The summed E-state index contributed by atoms with van der Waals surface area (Å²) >= 11 is 0. The first-order valence-corrected chi connectivity index (χ1v) is 9.37. The number of nitrogens with zero attached hydrogens (tertiary/aromatic N) is 2. The Morgan fingerprint density at radius 1 is 1.16 bits per heavy atom. The molecule has 1 N–H and O–H groups in total. The van der Waals surface area contributed by atoms with Gasteiger partial charge in [0.05, 0.1) is 22.2 Å². The second-order valence-corrected chi connectivity index (χ2v) is 6.68. The van der Waals surface area contributed by atoms with Gasteiger partial charge in [-0.3, -0.25) is 19.9 Å². The van der Waals surface area contributed by atoms with E-state index in [-0.39, 0.29) is 30.3 Å². The molecule has 1 atom stereocenters. The van der Waals surface area contributed by atoms with E-state index < -0.39 is 28.6 Å². The molecule has 1 unspecified atom stereocenters. The third kappa shape index (κ3) is 4.08. The molecule has 10 nitrogen and oxygen atoms in total. The van der Waals surface area contributed by atoms with Crippen molar-refractivity contribution in [3.8, 4) is 11.5 Å². The van der Waals surface area contributed by atoms with Gasteiger partial charge in [0, 0.05) is 17.6 Å².